The van der Waals surface area contributed by atoms with Gasteiger partial charge in [-0.3, -0.25) is 9.69 Å². The number of hydrogen-bond donors (Lipinski definition) is 0. The highest BCUT2D eigenvalue weighted by Gasteiger charge is 2.23. The Kier molecular flexibility index (Phi) is 6.17. The smallest absolute Gasteiger partial charge is 0.236 e. The van der Waals surface area contributed by atoms with Gasteiger partial charge in [0.2, 0.25) is 5.91 Å². The Labute approximate surface area is 131 Å². The average Bonchev–Trinajstić information content (AvgIpc) is 2.91. The van der Waals surface area contributed by atoms with E-state index in [-0.39, 0.29) is 12.0 Å². The van der Waals surface area contributed by atoms with E-state index < -0.39 is 0 Å². The van der Waals surface area contributed by atoms with Gasteiger partial charge in [0.05, 0.1) is 25.8 Å². The van der Waals surface area contributed by atoms with Crippen LogP contribution in [0.4, 0.5) is 0 Å². The molecule has 1 saturated heterocycles. The summed E-state index contributed by atoms with van der Waals surface area (Å²) in [5.41, 5.74) is 0. The number of hydrogen-bond acceptors (Lipinski definition) is 5. The Morgan fingerprint density at radius 2 is 2.29 bits per heavy atom. The molecule has 1 atom stereocenters. The molecule has 0 unspecified atom stereocenters. The number of rotatable bonds is 6. The second kappa shape index (κ2) is 7.89. The molecule has 1 amide bonds. The van der Waals surface area contributed by atoms with E-state index in [1.807, 2.05) is 37.5 Å². The fourth-order valence-electron chi connectivity index (χ4n) is 2.48. The average molecular weight is 311 g/mol. The van der Waals surface area contributed by atoms with Crippen molar-refractivity contribution < 1.29 is 9.53 Å². The van der Waals surface area contributed by atoms with E-state index in [1.165, 1.54) is 4.88 Å². The first-order valence-electron chi connectivity index (χ1n) is 7.29. The summed E-state index contributed by atoms with van der Waals surface area (Å²) >= 11 is 1.69. The summed E-state index contributed by atoms with van der Waals surface area (Å²) in [4.78, 5) is 19.7. The van der Waals surface area contributed by atoms with Gasteiger partial charge in [-0.05, 0) is 25.5 Å². The highest BCUT2D eigenvalue weighted by Crippen LogP contribution is 2.12. The minimum atomic E-state index is 0.175. The van der Waals surface area contributed by atoms with Gasteiger partial charge in [-0.25, -0.2) is 0 Å². The third kappa shape index (κ3) is 5.39. The Bertz CT molecular complexity index is 436. The molecule has 0 radical (unpaired) electrons. The van der Waals surface area contributed by atoms with E-state index in [9.17, 15) is 4.79 Å². The van der Waals surface area contributed by atoms with Crippen LogP contribution < -0.4 is 0 Å². The molecular formula is C15H25N3O2S. The minimum Gasteiger partial charge on any atom is -0.374 e. The van der Waals surface area contributed by atoms with Gasteiger partial charge in [0, 0.05) is 31.6 Å². The molecule has 118 valence electrons. The molecule has 21 heavy (non-hydrogen) atoms. The van der Waals surface area contributed by atoms with Crippen LogP contribution in [0.1, 0.15) is 4.88 Å². The van der Waals surface area contributed by atoms with Gasteiger partial charge < -0.3 is 14.5 Å². The fourth-order valence-corrected chi connectivity index (χ4v) is 3.24. The van der Waals surface area contributed by atoms with Crippen LogP contribution >= 0.6 is 11.3 Å². The summed E-state index contributed by atoms with van der Waals surface area (Å²) in [6, 6.07) is 4.09. The van der Waals surface area contributed by atoms with Crippen LogP contribution in [0.5, 0.6) is 0 Å². The summed E-state index contributed by atoms with van der Waals surface area (Å²) in [6.07, 6.45) is 0.198. The third-order valence-corrected chi connectivity index (χ3v) is 4.41. The molecule has 2 rings (SSSR count). The van der Waals surface area contributed by atoms with E-state index in [4.69, 9.17) is 4.74 Å². The van der Waals surface area contributed by atoms with Crippen LogP contribution in [0, 0.1) is 0 Å². The summed E-state index contributed by atoms with van der Waals surface area (Å²) in [7, 11) is 5.96. The van der Waals surface area contributed by atoms with Crippen LogP contribution in [0.15, 0.2) is 17.5 Å². The third-order valence-electron chi connectivity index (χ3n) is 3.55. The molecule has 0 aromatic carbocycles. The van der Waals surface area contributed by atoms with Crippen molar-refractivity contribution in [3.63, 3.8) is 0 Å². The van der Waals surface area contributed by atoms with Gasteiger partial charge in [-0.2, -0.15) is 0 Å². The SMILES string of the molecule is CN(C)C[C@H]1CN(CC(=O)N(C)Cc2cccs2)CCO1. The fraction of sp³-hybridized carbons (Fsp3) is 0.667. The summed E-state index contributed by atoms with van der Waals surface area (Å²) < 4.78 is 5.74. The number of amides is 1. The Morgan fingerprint density at radius 3 is 2.95 bits per heavy atom. The zero-order valence-corrected chi connectivity index (χ0v) is 13.9. The van der Waals surface area contributed by atoms with Crippen LogP contribution in [0.25, 0.3) is 0 Å². The molecule has 0 aliphatic carbocycles. The van der Waals surface area contributed by atoms with Crippen molar-refractivity contribution in [3.05, 3.63) is 22.4 Å². The second-order valence-electron chi connectivity index (χ2n) is 5.82. The zero-order valence-electron chi connectivity index (χ0n) is 13.1. The number of carbonyl (C=O) groups is 1. The molecule has 6 heteroatoms. The van der Waals surface area contributed by atoms with Crippen molar-refractivity contribution in [2.45, 2.75) is 12.6 Å². The molecule has 0 N–H and O–H groups in total. The van der Waals surface area contributed by atoms with Crippen LogP contribution in [0.2, 0.25) is 0 Å². The molecule has 5 nitrogen and oxygen atoms in total. The van der Waals surface area contributed by atoms with E-state index >= 15 is 0 Å². The Balaban J connectivity index is 1.78. The number of morpholine rings is 1. The van der Waals surface area contributed by atoms with Crippen molar-refractivity contribution in [1.82, 2.24) is 14.7 Å². The zero-order chi connectivity index (χ0) is 15.2. The van der Waals surface area contributed by atoms with Crippen LogP contribution in [0.3, 0.4) is 0 Å². The topological polar surface area (TPSA) is 36.0 Å². The van der Waals surface area contributed by atoms with Crippen molar-refractivity contribution in [2.75, 3.05) is 53.9 Å². The molecule has 0 saturated carbocycles. The van der Waals surface area contributed by atoms with Gasteiger partial charge in [-0.1, -0.05) is 6.07 Å². The second-order valence-corrected chi connectivity index (χ2v) is 6.85. The lowest BCUT2D eigenvalue weighted by atomic mass is 10.2. The van der Waals surface area contributed by atoms with Crippen LogP contribution in [-0.2, 0) is 16.1 Å². The maximum Gasteiger partial charge on any atom is 0.236 e. The lowest BCUT2D eigenvalue weighted by molar-refractivity contribution is -0.133. The van der Waals surface area contributed by atoms with Gasteiger partial charge in [0.1, 0.15) is 0 Å². The van der Waals surface area contributed by atoms with Gasteiger partial charge in [0.25, 0.3) is 0 Å². The first-order valence-corrected chi connectivity index (χ1v) is 8.17. The molecule has 0 bridgehead atoms. The Hall–Kier alpha value is -0.950. The lowest BCUT2D eigenvalue weighted by Crippen LogP contribution is -2.49. The predicted molar refractivity (Wildman–Crippen MR) is 85.5 cm³/mol. The van der Waals surface area contributed by atoms with E-state index in [2.05, 4.69) is 15.9 Å². The van der Waals surface area contributed by atoms with Crippen molar-refractivity contribution in [2.24, 2.45) is 0 Å². The van der Waals surface area contributed by atoms with Crippen molar-refractivity contribution in [3.8, 4) is 0 Å². The van der Waals surface area contributed by atoms with Gasteiger partial charge in [-0.15, -0.1) is 11.3 Å². The summed E-state index contributed by atoms with van der Waals surface area (Å²) in [5, 5.41) is 2.04. The normalized spacial score (nSPS) is 19.9. The Morgan fingerprint density at radius 1 is 1.48 bits per heavy atom. The number of thiophene rings is 1. The molecular weight excluding hydrogens is 286 g/mol. The van der Waals surface area contributed by atoms with Crippen molar-refractivity contribution >= 4 is 17.2 Å². The quantitative estimate of drug-likeness (QED) is 0.784. The number of carbonyl (C=O) groups excluding carboxylic acids is 1. The lowest BCUT2D eigenvalue weighted by Gasteiger charge is -2.34. The molecule has 1 aliphatic heterocycles. The van der Waals surface area contributed by atoms with E-state index in [0.717, 1.165) is 19.6 Å². The van der Waals surface area contributed by atoms with E-state index in [1.54, 1.807) is 11.3 Å². The van der Waals surface area contributed by atoms with Crippen molar-refractivity contribution in [1.29, 1.82) is 0 Å². The first-order chi connectivity index (χ1) is 10.0. The molecule has 1 fully saturated rings. The van der Waals surface area contributed by atoms with Gasteiger partial charge in [0.15, 0.2) is 0 Å². The molecule has 1 aromatic rings. The standard InChI is InChI=1S/C15H25N3O2S/c1-16(2)9-13-10-18(6-7-20-13)12-15(19)17(3)11-14-5-4-8-21-14/h4-5,8,13H,6-7,9-12H2,1-3H3/t13-/m0/s1. The summed E-state index contributed by atoms with van der Waals surface area (Å²) in [5.74, 6) is 0.175. The molecule has 1 aromatic heterocycles. The minimum absolute atomic E-state index is 0.175. The monoisotopic (exact) mass is 311 g/mol. The molecule has 2 heterocycles. The maximum absolute atomic E-state index is 12.3. The maximum atomic E-state index is 12.3. The predicted octanol–water partition coefficient (Wildman–Crippen LogP) is 0.969. The number of nitrogens with zero attached hydrogens (tertiary/aromatic N) is 3. The van der Waals surface area contributed by atoms with Crippen LogP contribution in [-0.4, -0.2) is 80.6 Å². The molecule has 0 spiro atoms. The number of likely N-dealkylation sites (N-methyl/N-ethyl adjacent to an activating group) is 2. The number of ether oxygens (including phenoxy) is 1. The first kappa shape index (κ1) is 16.4. The van der Waals surface area contributed by atoms with Gasteiger partial charge >= 0.3 is 0 Å². The summed E-state index contributed by atoms with van der Waals surface area (Å²) in [6.45, 7) is 4.45. The molecule has 1 aliphatic rings. The van der Waals surface area contributed by atoms with E-state index in [0.29, 0.717) is 19.7 Å². The highest BCUT2D eigenvalue weighted by molar-refractivity contribution is 7.09. The largest absolute Gasteiger partial charge is 0.374 e. The highest BCUT2D eigenvalue weighted by atomic mass is 32.1.